The number of carbonyl (C=O) groups is 1. The van der Waals surface area contributed by atoms with Crippen molar-refractivity contribution in [2.75, 3.05) is 49.1 Å². The Morgan fingerprint density at radius 1 is 0.906 bits per heavy atom. The topological polar surface area (TPSA) is 66.5 Å². The summed E-state index contributed by atoms with van der Waals surface area (Å²) in [5, 5.41) is 0. The van der Waals surface area contributed by atoms with E-state index in [-0.39, 0.29) is 5.97 Å². The van der Waals surface area contributed by atoms with Gasteiger partial charge in [0.1, 0.15) is 0 Å². The maximum Gasteiger partial charge on any atom is 0.305 e. The van der Waals surface area contributed by atoms with Gasteiger partial charge in [0, 0.05) is 13.0 Å². The third kappa shape index (κ3) is 4.48. The fourth-order valence-electron chi connectivity index (χ4n) is 4.65. The van der Waals surface area contributed by atoms with Crippen LogP contribution in [0, 0.1) is 0 Å². The molecule has 0 saturated heterocycles. The van der Waals surface area contributed by atoms with Crippen molar-refractivity contribution in [3.05, 3.63) is 47.0 Å². The number of rotatable bonds is 9. The van der Waals surface area contributed by atoms with Crippen LogP contribution >= 0.6 is 0 Å². The fraction of sp³-hybridized carbons (Fsp3) is 0.480. The van der Waals surface area contributed by atoms with E-state index >= 15 is 0 Å². The van der Waals surface area contributed by atoms with Crippen LogP contribution in [0.15, 0.2) is 30.3 Å². The highest BCUT2D eigenvalue weighted by molar-refractivity contribution is 5.69. The summed E-state index contributed by atoms with van der Waals surface area (Å²) in [6.45, 7) is 0.858. The van der Waals surface area contributed by atoms with Crippen molar-refractivity contribution in [1.82, 2.24) is 4.90 Å². The summed E-state index contributed by atoms with van der Waals surface area (Å²) in [5.41, 5.74) is 3.00. The molecule has 3 rings (SSSR count). The molecular formula is C25H33NO6. The molecule has 0 aromatic heterocycles. The van der Waals surface area contributed by atoms with Gasteiger partial charge >= 0.3 is 5.97 Å². The highest BCUT2D eigenvalue weighted by atomic mass is 16.5. The standard InChI is InChI=1S/C25H33NO6/c1-26-12-10-18-14-22(30-4)23(31-5)15-19(18)25(26,11-9-24(27)32-6)16-17-7-8-20(28-2)21(13-17)29-3/h7-8,13-15H,9-12,16H2,1-6H3/t25-/m1/s1. The summed E-state index contributed by atoms with van der Waals surface area (Å²) in [7, 11) is 10.1. The molecule has 2 aromatic rings. The minimum absolute atomic E-state index is 0.224. The third-order valence-corrected chi connectivity index (χ3v) is 6.47. The largest absolute Gasteiger partial charge is 0.493 e. The van der Waals surface area contributed by atoms with E-state index in [2.05, 4.69) is 24.1 Å². The van der Waals surface area contributed by atoms with Gasteiger partial charge in [0.15, 0.2) is 23.0 Å². The monoisotopic (exact) mass is 443 g/mol. The molecule has 1 heterocycles. The van der Waals surface area contributed by atoms with Crippen molar-refractivity contribution in [2.45, 2.75) is 31.2 Å². The van der Waals surface area contributed by atoms with Gasteiger partial charge in [-0.2, -0.15) is 0 Å². The summed E-state index contributed by atoms with van der Waals surface area (Å²) in [5.74, 6) is 2.53. The maximum absolute atomic E-state index is 12.2. The SMILES string of the molecule is COC(=O)CC[C@@]1(Cc2ccc(OC)c(OC)c2)c2cc(OC)c(OC)cc2CCN1C. The summed E-state index contributed by atoms with van der Waals surface area (Å²) in [6.07, 6.45) is 2.48. The van der Waals surface area contributed by atoms with E-state index in [1.165, 1.54) is 12.7 Å². The number of ether oxygens (including phenoxy) is 5. The van der Waals surface area contributed by atoms with Gasteiger partial charge in [-0.3, -0.25) is 9.69 Å². The molecule has 32 heavy (non-hydrogen) atoms. The molecule has 0 radical (unpaired) electrons. The Bertz CT molecular complexity index is 960. The van der Waals surface area contributed by atoms with Gasteiger partial charge in [-0.15, -0.1) is 0 Å². The van der Waals surface area contributed by atoms with E-state index in [1.54, 1.807) is 28.4 Å². The smallest absolute Gasteiger partial charge is 0.305 e. The minimum Gasteiger partial charge on any atom is -0.493 e. The number of esters is 1. The zero-order valence-electron chi connectivity index (χ0n) is 19.8. The molecule has 0 spiro atoms. The highest BCUT2D eigenvalue weighted by Gasteiger charge is 2.42. The predicted octanol–water partition coefficient (Wildman–Crippen LogP) is 3.60. The van der Waals surface area contributed by atoms with E-state index in [1.807, 2.05) is 18.2 Å². The lowest BCUT2D eigenvalue weighted by Gasteiger charge is -2.47. The van der Waals surface area contributed by atoms with E-state index in [0.29, 0.717) is 42.3 Å². The molecule has 0 N–H and O–H groups in total. The number of carbonyl (C=O) groups excluding carboxylic acids is 1. The summed E-state index contributed by atoms with van der Waals surface area (Å²) in [4.78, 5) is 14.5. The van der Waals surface area contributed by atoms with Gasteiger partial charge in [0.25, 0.3) is 0 Å². The first-order valence-electron chi connectivity index (χ1n) is 10.7. The lowest BCUT2D eigenvalue weighted by Crippen LogP contribution is -2.50. The molecule has 1 aliphatic heterocycles. The van der Waals surface area contributed by atoms with E-state index < -0.39 is 5.54 Å². The minimum atomic E-state index is -0.430. The number of methoxy groups -OCH3 is 5. The van der Waals surface area contributed by atoms with Crippen molar-refractivity contribution < 1.29 is 28.5 Å². The van der Waals surface area contributed by atoms with Crippen molar-refractivity contribution in [3.8, 4) is 23.0 Å². The zero-order chi connectivity index (χ0) is 23.3. The summed E-state index contributed by atoms with van der Waals surface area (Å²) in [6, 6.07) is 10.1. The molecule has 1 atom stereocenters. The van der Waals surface area contributed by atoms with Gasteiger partial charge in [0.05, 0.1) is 41.1 Å². The van der Waals surface area contributed by atoms with Gasteiger partial charge in [-0.05, 0) is 67.3 Å². The van der Waals surface area contributed by atoms with Gasteiger partial charge < -0.3 is 23.7 Å². The zero-order valence-corrected chi connectivity index (χ0v) is 19.8. The summed E-state index contributed by atoms with van der Waals surface area (Å²) >= 11 is 0. The normalized spacial score (nSPS) is 17.9. The fourth-order valence-corrected chi connectivity index (χ4v) is 4.65. The Balaban J connectivity index is 2.14. The van der Waals surface area contributed by atoms with Crippen LogP contribution in [0.4, 0.5) is 0 Å². The van der Waals surface area contributed by atoms with Crippen LogP contribution in [-0.4, -0.2) is 60.0 Å². The quantitative estimate of drug-likeness (QED) is 0.549. The molecule has 2 aromatic carbocycles. The lowest BCUT2D eigenvalue weighted by molar-refractivity contribution is -0.141. The average molecular weight is 444 g/mol. The van der Waals surface area contributed by atoms with Crippen LogP contribution in [0.2, 0.25) is 0 Å². The number of fused-ring (bicyclic) bond motifs is 1. The van der Waals surface area contributed by atoms with E-state index in [0.717, 1.165) is 24.1 Å². The number of hydrogen-bond acceptors (Lipinski definition) is 7. The van der Waals surface area contributed by atoms with Crippen LogP contribution in [0.1, 0.15) is 29.5 Å². The second-order valence-electron chi connectivity index (χ2n) is 8.01. The number of nitrogens with zero attached hydrogens (tertiary/aromatic N) is 1. The molecule has 1 aliphatic rings. The van der Waals surface area contributed by atoms with E-state index in [4.69, 9.17) is 23.7 Å². The van der Waals surface area contributed by atoms with E-state index in [9.17, 15) is 4.79 Å². The van der Waals surface area contributed by atoms with Gasteiger partial charge in [-0.25, -0.2) is 0 Å². The summed E-state index contributed by atoms with van der Waals surface area (Å²) < 4.78 is 27.1. The Hall–Kier alpha value is -2.93. The second-order valence-corrected chi connectivity index (χ2v) is 8.01. The molecule has 0 unspecified atom stereocenters. The van der Waals surface area contributed by atoms with Crippen molar-refractivity contribution in [3.63, 3.8) is 0 Å². The van der Waals surface area contributed by atoms with Crippen LogP contribution in [0.5, 0.6) is 23.0 Å². The predicted molar refractivity (Wildman–Crippen MR) is 122 cm³/mol. The first-order valence-corrected chi connectivity index (χ1v) is 10.7. The second kappa shape index (κ2) is 10.1. The molecule has 0 saturated carbocycles. The molecular weight excluding hydrogens is 410 g/mol. The number of hydrogen-bond donors (Lipinski definition) is 0. The molecule has 0 bridgehead atoms. The molecule has 7 heteroatoms. The Morgan fingerprint density at radius 2 is 1.53 bits per heavy atom. The molecule has 0 fully saturated rings. The lowest BCUT2D eigenvalue weighted by atomic mass is 9.73. The first kappa shape index (κ1) is 23.7. The molecule has 0 aliphatic carbocycles. The first-order chi connectivity index (χ1) is 15.4. The highest BCUT2D eigenvalue weighted by Crippen LogP contribution is 2.45. The Morgan fingerprint density at radius 3 is 2.16 bits per heavy atom. The third-order valence-electron chi connectivity index (χ3n) is 6.47. The average Bonchev–Trinajstić information content (AvgIpc) is 2.83. The van der Waals surface area contributed by atoms with Crippen molar-refractivity contribution in [2.24, 2.45) is 0 Å². The molecule has 0 amide bonds. The van der Waals surface area contributed by atoms with Gasteiger partial charge in [0.2, 0.25) is 0 Å². The van der Waals surface area contributed by atoms with Crippen LogP contribution in [-0.2, 0) is 27.9 Å². The Labute approximate surface area is 190 Å². The molecule has 174 valence electrons. The van der Waals surface area contributed by atoms with Crippen molar-refractivity contribution >= 4 is 5.97 Å². The van der Waals surface area contributed by atoms with Crippen LogP contribution in [0.25, 0.3) is 0 Å². The maximum atomic E-state index is 12.2. The Kier molecular flexibility index (Phi) is 7.51. The molecule has 7 nitrogen and oxygen atoms in total. The van der Waals surface area contributed by atoms with Crippen LogP contribution in [0.3, 0.4) is 0 Å². The van der Waals surface area contributed by atoms with Crippen molar-refractivity contribution in [1.29, 1.82) is 0 Å². The van der Waals surface area contributed by atoms with Gasteiger partial charge in [-0.1, -0.05) is 6.07 Å². The van der Waals surface area contributed by atoms with Crippen LogP contribution < -0.4 is 18.9 Å². The number of likely N-dealkylation sites (N-methyl/N-ethyl adjacent to an activating group) is 1. The number of benzene rings is 2.